The van der Waals surface area contributed by atoms with E-state index in [1.807, 2.05) is 66.7 Å². The highest BCUT2D eigenvalue weighted by atomic mass is 16.5. The van der Waals surface area contributed by atoms with E-state index in [-0.39, 0.29) is 0 Å². The molecule has 0 fully saturated rings. The van der Waals surface area contributed by atoms with Crippen LogP contribution in [-0.2, 0) is 11.2 Å². The lowest BCUT2D eigenvalue weighted by Gasteiger charge is -2.19. The minimum atomic E-state index is -0.657. The van der Waals surface area contributed by atoms with E-state index >= 15 is 0 Å². The summed E-state index contributed by atoms with van der Waals surface area (Å²) < 4.78 is 5.32. The third-order valence-electron chi connectivity index (χ3n) is 5.45. The quantitative estimate of drug-likeness (QED) is 0.404. The summed E-state index contributed by atoms with van der Waals surface area (Å²) in [5.74, 6) is 0.345. The molecule has 6 heteroatoms. The Morgan fingerprint density at radius 2 is 1.88 bits per heavy atom. The number of aromatic nitrogens is 2. The molecule has 0 saturated heterocycles. The molecule has 0 aliphatic carbocycles. The van der Waals surface area contributed by atoms with Crippen LogP contribution in [0.2, 0.25) is 0 Å². The number of nitrogens with zero attached hydrogens (tertiary/aromatic N) is 2. The number of pyridine rings is 2. The highest BCUT2D eigenvalue weighted by Crippen LogP contribution is 2.31. The summed E-state index contributed by atoms with van der Waals surface area (Å²) >= 11 is 0. The maximum atomic E-state index is 12.5. The fourth-order valence-electron chi connectivity index (χ4n) is 3.81. The van der Waals surface area contributed by atoms with Gasteiger partial charge in [-0.2, -0.15) is 0 Å². The third kappa shape index (κ3) is 5.36. The molecule has 166 valence electrons. The van der Waals surface area contributed by atoms with Crippen LogP contribution in [0.1, 0.15) is 22.6 Å². The normalized spacial score (nSPS) is 11.5. The fraction of sp³-hybridized carbons (Fsp3) is 0.148. The number of anilines is 1. The zero-order valence-electron chi connectivity index (χ0n) is 18.4. The molecular formula is C27H26N4O2. The Labute approximate surface area is 193 Å². The summed E-state index contributed by atoms with van der Waals surface area (Å²) in [5, 5.41) is 3.43. The van der Waals surface area contributed by atoms with Gasteiger partial charge in [0, 0.05) is 30.1 Å². The van der Waals surface area contributed by atoms with E-state index in [9.17, 15) is 4.79 Å². The fourth-order valence-corrected chi connectivity index (χ4v) is 3.81. The monoisotopic (exact) mass is 438 g/mol. The van der Waals surface area contributed by atoms with Gasteiger partial charge in [-0.1, -0.05) is 54.6 Å². The first-order valence-electron chi connectivity index (χ1n) is 10.8. The van der Waals surface area contributed by atoms with Crippen LogP contribution in [-0.4, -0.2) is 29.5 Å². The van der Waals surface area contributed by atoms with Crippen molar-refractivity contribution in [2.24, 2.45) is 5.73 Å². The molecule has 0 aliphatic heterocycles. The van der Waals surface area contributed by atoms with E-state index in [2.05, 4.69) is 16.4 Å². The number of amides is 1. The Morgan fingerprint density at radius 1 is 1.03 bits per heavy atom. The first kappa shape index (κ1) is 22.0. The molecule has 33 heavy (non-hydrogen) atoms. The number of nitrogens with one attached hydrogen (secondary N) is 1. The van der Waals surface area contributed by atoms with E-state index in [4.69, 9.17) is 15.5 Å². The Hall–Kier alpha value is -4.19. The van der Waals surface area contributed by atoms with E-state index in [0.29, 0.717) is 12.4 Å². The van der Waals surface area contributed by atoms with Gasteiger partial charge >= 0.3 is 0 Å². The number of rotatable bonds is 9. The summed E-state index contributed by atoms with van der Waals surface area (Å²) in [6.45, 7) is 0.629. The summed E-state index contributed by atoms with van der Waals surface area (Å²) in [4.78, 5) is 21.5. The Kier molecular flexibility index (Phi) is 6.95. The Morgan fingerprint density at radius 3 is 2.61 bits per heavy atom. The standard InChI is InChI=1S/C27H26N4O2/c1-33-22-11-5-7-19(17-22)14-16-30-27-23(25(26(28)32)21-10-6-15-29-18-21)12-13-24(31-27)20-8-3-2-4-9-20/h2-13,15,17-18,25H,14,16H2,1H3,(H2,28,32)(H,30,31). The van der Waals surface area contributed by atoms with Gasteiger partial charge in [-0.05, 0) is 41.8 Å². The lowest BCUT2D eigenvalue weighted by atomic mass is 9.91. The Balaban J connectivity index is 1.67. The molecule has 1 atom stereocenters. The molecule has 4 aromatic rings. The summed E-state index contributed by atoms with van der Waals surface area (Å²) in [7, 11) is 1.66. The third-order valence-corrected chi connectivity index (χ3v) is 5.45. The number of ether oxygens (including phenoxy) is 1. The summed E-state index contributed by atoms with van der Waals surface area (Å²) in [5.41, 5.74) is 10.2. The number of nitrogens with two attached hydrogens (primary N) is 1. The van der Waals surface area contributed by atoms with Gasteiger partial charge in [0.05, 0.1) is 18.7 Å². The minimum Gasteiger partial charge on any atom is -0.497 e. The molecule has 0 spiro atoms. The average Bonchev–Trinajstić information content (AvgIpc) is 2.86. The van der Waals surface area contributed by atoms with E-state index in [1.54, 1.807) is 25.6 Å². The van der Waals surface area contributed by atoms with Crippen molar-refractivity contribution < 1.29 is 9.53 Å². The van der Waals surface area contributed by atoms with E-state index in [0.717, 1.165) is 40.1 Å². The second-order valence-electron chi connectivity index (χ2n) is 7.65. The van der Waals surface area contributed by atoms with Gasteiger partial charge in [0.25, 0.3) is 0 Å². The molecule has 0 saturated carbocycles. The van der Waals surface area contributed by atoms with Gasteiger partial charge in [-0.3, -0.25) is 9.78 Å². The number of benzene rings is 2. The van der Waals surface area contributed by atoms with Gasteiger partial charge in [-0.25, -0.2) is 4.98 Å². The van der Waals surface area contributed by atoms with Crippen molar-refractivity contribution in [3.05, 3.63) is 108 Å². The van der Waals surface area contributed by atoms with Crippen LogP contribution in [0.15, 0.2) is 91.3 Å². The first-order valence-corrected chi connectivity index (χ1v) is 10.8. The van der Waals surface area contributed by atoms with Crippen LogP contribution in [0.4, 0.5) is 5.82 Å². The molecule has 0 aliphatic rings. The lowest BCUT2D eigenvalue weighted by Crippen LogP contribution is -2.24. The van der Waals surface area contributed by atoms with E-state index < -0.39 is 11.8 Å². The second-order valence-corrected chi connectivity index (χ2v) is 7.65. The molecule has 1 unspecified atom stereocenters. The molecule has 2 aromatic heterocycles. The number of primary amides is 1. The Bertz CT molecular complexity index is 1210. The van der Waals surface area contributed by atoms with Gasteiger partial charge in [0.1, 0.15) is 11.6 Å². The van der Waals surface area contributed by atoms with Crippen LogP contribution in [0.5, 0.6) is 5.75 Å². The van der Waals surface area contributed by atoms with Gasteiger partial charge < -0.3 is 15.8 Å². The number of hydrogen-bond acceptors (Lipinski definition) is 5. The lowest BCUT2D eigenvalue weighted by molar-refractivity contribution is -0.118. The summed E-state index contributed by atoms with van der Waals surface area (Å²) in [6, 6.07) is 25.4. The molecule has 4 rings (SSSR count). The molecule has 2 aromatic carbocycles. The number of methoxy groups -OCH3 is 1. The maximum absolute atomic E-state index is 12.5. The van der Waals surface area contributed by atoms with Crippen LogP contribution >= 0.6 is 0 Å². The van der Waals surface area contributed by atoms with Gasteiger partial charge in [-0.15, -0.1) is 0 Å². The second kappa shape index (κ2) is 10.4. The maximum Gasteiger partial charge on any atom is 0.229 e. The zero-order valence-corrected chi connectivity index (χ0v) is 18.4. The van der Waals surface area contributed by atoms with Crippen LogP contribution in [0.3, 0.4) is 0 Å². The number of hydrogen-bond donors (Lipinski definition) is 2. The topological polar surface area (TPSA) is 90.1 Å². The van der Waals surface area contributed by atoms with Crippen LogP contribution in [0, 0.1) is 0 Å². The number of carbonyl (C=O) groups excluding carboxylic acids is 1. The van der Waals surface area contributed by atoms with Crippen molar-refractivity contribution in [1.82, 2.24) is 9.97 Å². The molecule has 1 amide bonds. The molecule has 0 bridgehead atoms. The SMILES string of the molecule is COc1cccc(CCNc2nc(-c3ccccc3)ccc2C(C(N)=O)c2cccnc2)c1. The molecule has 6 nitrogen and oxygen atoms in total. The highest BCUT2D eigenvalue weighted by molar-refractivity contribution is 5.87. The molecule has 2 heterocycles. The van der Waals surface area contributed by atoms with Crippen LogP contribution < -0.4 is 15.8 Å². The van der Waals surface area contributed by atoms with Crippen LogP contribution in [0.25, 0.3) is 11.3 Å². The predicted octanol–water partition coefficient (Wildman–Crippen LogP) is 4.42. The first-order chi connectivity index (χ1) is 16.2. The largest absolute Gasteiger partial charge is 0.497 e. The number of carbonyl (C=O) groups is 1. The zero-order chi connectivity index (χ0) is 23.0. The van der Waals surface area contributed by atoms with Crippen molar-refractivity contribution in [3.63, 3.8) is 0 Å². The average molecular weight is 439 g/mol. The molecule has 3 N–H and O–H groups in total. The van der Waals surface area contributed by atoms with Gasteiger partial charge in [0.15, 0.2) is 0 Å². The predicted molar refractivity (Wildman–Crippen MR) is 130 cm³/mol. The van der Waals surface area contributed by atoms with Crippen molar-refractivity contribution in [2.45, 2.75) is 12.3 Å². The molecule has 0 radical (unpaired) electrons. The molecular weight excluding hydrogens is 412 g/mol. The highest BCUT2D eigenvalue weighted by Gasteiger charge is 2.24. The van der Waals surface area contributed by atoms with E-state index in [1.165, 1.54) is 0 Å². The van der Waals surface area contributed by atoms with Gasteiger partial charge in [0.2, 0.25) is 5.91 Å². The van der Waals surface area contributed by atoms with Crippen molar-refractivity contribution in [1.29, 1.82) is 0 Å². The van der Waals surface area contributed by atoms with Crippen molar-refractivity contribution >= 4 is 11.7 Å². The van der Waals surface area contributed by atoms with Crippen molar-refractivity contribution in [2.75, 3.05) is 19.0 Å². The van der Waals surface area contributed by atoms with Crippen molar-refractivity contribution in [3.8, 4) is 17.0 Å². The minimum absolute atomic E-state index is 0.451. The smallest absolute Gasteiger partial charge is 0.229 e. The summed E-state index contributed by atoms with van der Waals surface area (Å²) in [6.07, 6.45) is 4.11.